The molecule has 0 aliphatic carbocycles. The van der Waals surface area contributed by atoms with E-state index in [1.807, 2.05) is 20.0 Å². The van der Waals surface area contributed by atoms with E-state index < -0.39 is 0 Å². The summed E-state index contributed by atoms with van der Waals surface area (Å²) in [7, 11) is 0. The van der Waals surface area contributed by atoms with E-state index in [2.05, 4.69) is 34.0 Å². The molecule has 0 saturated heterocycles. The summed E-state index contributed by atoms with van der Waals surface area (Å²) in [5, 5.41) is 14.7. The van der Waals surface area contributed by atoms with E-state index in [0.29, 0.717) is 18.9 Å². The highest BCUT2D eigenvalue weighted by Gasteiger charge is 2.15. The van der Waals surface area contributed by atoms with Crippen molar-refractivity contribution in [3.63, 3.8) is 0 Å². The Morgan fingerprint density at radius 2 is 2.10 bits per heavy atom. The van der Waals surface area contributed by atoms with Crippen molar-refractivity contribution in [1.82, 2.24) is 20.2 Å². The quantitative estimate of drug-likeness (QED) is 0.684. The number of hydrogen-bond acceptors (Lipinski definition) is 3. The summed E-state index contributed by atoms with van der Waals surface area (Å²) in [6, 6.07) is -0.244. The largest absolute Gasteiger partial charge is 0.396 e. The number of aromatic nitrogens is 2. The molecule has 6 heteroatoms. The highest BCUT2D eigenvalue weighted by atomic mass is 16.3. The monoisotopic (exact) mass is 296 g/mol. The Hall–Kier alpha value is -1.56. The number of nitrogens with zero attached hydrogens (tertiary/aromatic N) is 2. The molecule has 0 aliphatic rings. The van der Waals surface area contributed by atoms with Gasteiger partial charge < -0.3 is 20.3 Å². The molecule has 3 N–H and O–H groups in total. The van der Waals surface area contributed by atoms with Crippen LogP contribution < -0.4 is 10.6 Å². The Kier molecular flexibility index (Phi) is 7.22. The summed E-state index contributed by atoms with van der Waals surface area (Å²) in [5.41, 5.74) is 0. The van der Waals surface area contributed by atoms with Crippen LogP contribution in [0.2, 0.25) is 0 Å². The maximum atomic E-state index is 11.9. The second kappa shape index (κ2) is 8.67. The zero-order chi connectivity index (χ0) is 15.8. The fourth-order valence-corrected chi connectivity index (χ4v) is 2.16. The van der Waals surface area contributed by atoms with Gasteiger partial charge in [-0.05, 0) is 18.3 Å². The van der Waals surface area contributed by atoms with E-state index in [4.69, 9.17) is 5.11 Å². The minimum absolute atomic E-state index is 0.0228. The van der Waals surface area contributed by atoms with Gasteiger partial charge in [0.05, 0.1) is 6.54 Å². The number of amides is 2. The number of aliphatic hydroxyl groups excluding tert-OH is 1. The third-order valence-corrected chi connectivity index (χ3v) is 3.33. The molecule has 0 spiro atoms. The third-order valence-electron chi connectivity index (χ3n) is 3.33. The minimum atomic E-state index is -0.221. The topological polar surface area (TPSA) is 79.2 Å². The van der Waals surface area contributed by atoms with Crippen molar-refractivity contribution in [2.24, 2.45) is 11.8 Å². The van der Waals surface area contributed by atoms with Crippen molar-refractivity contribution in [2.45, 2.75) is 53.2 Å². The van der Waals surface area contributed by atoms with Gasteiger partial charge in [0, 0.05) is 31.6 Å². The molecule has 0 aromatic carbocycles. The molecular formula is C15H28N4O2. The molecule has 2 amide bonds. The lowest BCUT2D eigenvalue weighted by Gasteiger charge is -2.21. The smallest absolute Gasteiger partial charge is 0.315 e. The minimum Gasteiger partial charge on any atom is -0.396 e. The second-order valence-electron chi connectivity index (χ2n) is 6.08. The van der Waals surface area contributed by atoms with E-state index in [0.717, 1.165) is 12.4 Å². The molecule has 21 heavy (non-hydrogen) atoms. The highest BCUT2D eigenvalue weighted by molar-refractivity contribution is 5.74. The van der Waals surface area contributed by atoms with Crippen LogP contribution in [0.25, 0.3) is 0 Å². The Morgan fingerprint density at radius 3 is 2.67 bits per heavy atom. The SMILES string of the molecule is CC(C)Cn1ccnc1CNC(=O)NC(CCO)C(C)C. The van der Waals surface area contributed by atoms with Crippen LogP contribution in [-0.4, -0.2) is 33.3 Å². The molecule has 1 heterocycles. The van der Waals surface area contributed by atoms with Crippen LogP contribution in [0.1, 0.15) is 39.9 Å². The lowest BCUT2D eigenvalue weighted by Crippen LogP contribution is -2.44. The molecule has 1 aromatic heterocycles. The van der Waals surface area contributed by atoms with Gasteiger partial charge in [0.2, 0.25) is 0 Å². The van der Waals surface area contributed by atoms with Gasteiger partial charge in [0.25, 0.3) is 0 Å². The fraction of sp³-hybridized carbons (Fsp3) is 0.733. The molecule has 120 valence electrons. The summed E-state index contributed by atoms with van der Waals surface area (Å²) >= 11 is 0. The number of aliphatic hydroxyl groups is 1. The molecule has 1 atom stereocenters. The van der Waals surface area contributed by atoms with Crippen molar-refractivity contribution < 1.29 is 9.90 Å². The Morgan fingerprint density at radius 1 is 1.38 bits per heavy atom. The second-order valence-corrected chi connectivity index (χ2v) is 6.08. The third kappa shape index (κ3) is 6.16. The molecule has 1 aromatic rings. The van der Waals surface area contributed by atoms with Crippen LogP contribution in [0.5, 0.6) is 0 Å². The number of carbonyl (C=O) groups excluding carboxylic acids is 1. The first-order valence-corrected chi connectivity index (χ1v) is 7.59. The van der Waals surface area contributed by atoms with Crippen molar-refractivity contribution in [2.75, 3.05) is 6.61 Å². The molecule has 1 unspecified atom stereocenters. The van der Waals surface area contributed by atoms with Crippen LogP contribution in [0.4, 0.5) is 4.79 Å². The lowest BCUT2D eigenvalue weighted by atomic mass is 10.0. The van der Waals surface area contributed by atoms with Gasteiger partial charge in [-0.1, -0.05) is 27.7 Å². The zero-order valence-electron chi connectivity index (χ0n) is 13.5. The van der Waals surface area contributed by atoms with Crippen LogP contribution >= 0.6 is 0 Å². The normalized spacial score (nSPS) is 12.7. The standard InChI is InChI=1S/C15H28N4O2/c1-11(2)10-19-7-6-16-14(19)9-17-15(21)18-13(5-8-20)12(3)4/h6-7,11-13,20H,5,8-10H2,1-4H3,(H2,17,18,21). The molecule has 1 rings (SSSR count). The van der Waals surface area contributed by atoms with E-state index in [9.17, 15) is 4.79 Å². The van der Waals surface area contributed by atoms with Gasteiger partial charge in [0.15, 0.2) is 0 Å². The predicted molar refractivity (Wildman–Crippen MR) is 82.8 cm³/mol. The average Bonchev–Trinajstić information content (AvgIpc) is 2.82. The first kappa shape index (κ1) is 17.5. The van der Waals surface area contributed by atoms with E-state index in [1.54, 1.807) is 6.20 Å². The van der Waals surface area contributed by atoms with Gasteiger partial charge in [-0.2, -0.15) is 0 Å². The molecule has 0 aliphatic heterocycles. The number of nitrogens with one attached hydrogen (secondary N) is 2. The van der Waals surface area contributed by atoms with Crippen LogP contribution in [0, 0.1) is 11.8 Å². The van der Waals surface area contributed by atoms with Gasteiger partial charge >= 0.3 is 6.03 Å². The van der Waals surface area contributed by atoms with Crippen LogP contribution in [0.3, 0.4) is 0 Å². The number of rotatable bonds is 8. The number of hydrogen-bond donors (Lipinski definition) is 3. The zero-order valence-corrected chi connectivity index (χ0v) is 13.5. The molecule has 0 saturated carbocycles. The van der Waals surface area contributed by atoms with Gasteiger partial charge in [-0.25, -0.2) is 9.78 Å². The Balaban J connectivity index is 2.47. The Labute approximate surface area is 127 Å². The molecule has 6 nitrogen and oxygen atoms in total. The van der Waals surface area contributed by atoms with Gasteiger partial charge in [-0.15, -0.1) is 0 Å². The molecule has 0 bridgehead atoms. The van der Waals surface area contributed by atoms with E-state index in [-0.39, 0.29) is 24.6 Å². The maximum Gasteiger partial charge on any atom is 0.315 e. The van der Waals surface area contributed by atoms with Crippen molar-refractivity contribution in [3.8, 4) is 0 Å². The number of carbonyl (C=O) groups is 1. The van der Waals surface area contributed by atoms with Crippen molar-refractivity contribution in [3.05, 3.63) is 18.2 Å². The van der Waals surface area contributed by atoms with Gasteiger partial charge in [-0.3, -0.25) is 0 Å². The first-order chi connectivity index (χ1) is 9.93. The fourth-order valence-electron chi connectivity index (χ4n) is 2.16. The maximum absolute atomic E-state index is 11.9. The van der Waals surface area contributed by atoms with Crippen LogP contribution in [0.15, 0.2) is 12.4 Å². The summed E-state index contributed by atoms with van der Waals surface area (Å²) in [4.78, 5) is 16.2. The molecule has 0 fully saturated rings. The summed E-state index contributed by atoms with van der Waals surface area (Å²) < 4.78 is 2.05. The first-order valence-electron chi connectivity index (χ1n) is 7.59. The Bertz CT molecular complexity index is 429. The predicted octanol–water partition coefficient (Wildman–Crippen LogP) is 1.75. The summed E-state index contributed by atoms with van der Waals surface area (Å²) in [6.07, 6.45) is 4.24. The highest BCUT2D eigenvalue weighted by Crippen LogP contribution is 2.06. The van der Waals surface area contributed by atoms with Gasteiger partial charge in [0.1, 0.15) is 5.82 Å². The van der Waals surface area contributed by atoms with Crippen molar-refractivity contribution >= 4 is 6.03 Å². The number of imidazole rings is 1. The number of urea groups is 1. The average molecular weight is 296 g/mol. The lowest BCUT2D eigenvalue weighted by molar-refractivity contribution is 0.218. The van der Waals surface area contributed by atoms with Crippen LogP contribution in [-0.2, 0) is 13.1 Å². The van der Waals surface area contributed by atoms with Crippen molar-refractivity contribution in [1.29, 1.82) is 0 Å². The summed E-state index contributed by atoms with van der Waals surface area (Å²) in [6.45, 7) is 9.69. The van der Waals surface area contributed by atoms with E-state index in [1.165, 1.54) is 0 Å². The molecular weight excluding hydrogens is 268 g/mol. The molecule has 0 radical (unpaired) electrons. The van der Waals surface area contributed by atoms with E-state index >= 15 is 0 Å². The summed E-state index contributed by atoms with van der Waals surface area (Å²) in [5.74, 6) is 1.66.